The van der Waals surface area contributed by atoms with E-state index >= 15 is 0 Å². The van der Waals surface area contributed by atoms with Crippen LogP contribution in [-0.4, -0.2) is 35.6 Å². The number of hydrogen-bond donors (Lipinski definition) is 1. The van der Waals surface area contributed by atoms with Crippen molar-refractivity contribution in [1.29, 1.82) is 0 Å². The fourth-order valence-corrected chi connectivity index (χ4v) is 3.42. The first-order valence-electron chi connectivity index (χ1n) is 7.11. The summed E-state index contributed by atoms with van der Waals surface area (Å²) in [5.74, 6) is 0. The van der Waals surface area contributed by atoms with E-state index < -0.39 is 0 Å². The first kappa shape index (κ1) is 13.6. The Balaban J connectivity index is 1.75. The molecule has 1 aliphatic heterocycles. The summed E-state index contributed by atoms with van der Waals surface area (Å²) in [5, 5.41) is 6.89. The number of nitrogens with one attached hydrogen (secondary N) is 1. The van der Waals surface area contributed by atoms with Gasteiger partial charge in [-0.25, -0.2) is 4.98 Å². The minimum atomic E-state index is 0.544. The maximum Gasteiger partial charge on any atom is 0.0901 e. The van der Waals surface area contributed by atoms with E-state index in [0.717, 1.165) is 17.2 Å². The van der Waals surface area contributed by atoms with Gasteiger partial charge in [0.15, 0.2) is 0 Å². The first-order valence-corrected chi connectivity index (χ1v) is 7.99. The third kappa shape index (κ3) is 2.86. The highest BCUT2D eigenvalue weighted by Gasteiger charge is 2.25. The van der Waals surface area contributed by atoms with Crippen molar-refractivity contribution < 1.29 is 0 Å². The number of aromatic nitrogens is 1. The molecule has 0 saturated carbocycles. The molecule has 2 aromatic rings. The van der Waals surface area contributed by atoms with E-state index in [4.69, 9.17) is 0 Å². The maximum absolute atomic E-state index is 4.56. The van der Waals surface area contributed by atoms with Crippen LogP contribution in [0.3, 0.4) is 0 Å². The number of anilines is 1. The summed E-state index contributed by atoms with van der Waals surface area (Å²) < 4.78 is 0. The van der Waals surface area contributed by atoms with Crippen LogP contribution in [-0.2, 0) is 0 Å². The third-order valence-electron chi connectivity index (χ3n) is 4.03. The Morgan fingerprint density at radius 1 is 1.40 bits per heavy atom. The van der Waals surface area contributed by atoms with Crippen LogP contribution in [0.2, 0.25) is 0 Å². The predicted molar refractivity (Wildman–Crippen MR) is 86.4 cm³/mol. The molecule has 1 N–H and O–H groups in total. The van der Waals surface area contributed by atoms with Crippen molar-refractivity contribution in [3.05, 3.63) is 34.7 Å². The fourth-order valence-electron chi connectivity index (χ4n) is 2.80. The number of aryl methyl sites for hydroxylation is 1. The van der Waals surface area contributed by atoms with Gasteiger partial charge in [-0.1, -0.05) is 12.1 Å². The summed E-state index contributed by atoms with van der Waals surface area (Å²) in [7, 11) is 2.20. The van der Waals surface area contributed by atoms with E-state index in [-0.39, 0.29) is 0 Å². The second kappa shape index (κ2) is 5.54. The number of likely N-dealkylation sites (tertiary alicyclic amines) is 1. The Hall–Kier alpha value is -1.39. The molecular formula is C16H21N3S. The second-order valence-electron chi connectivity index (χ2n) is 5.70. The van der Waals surface area contributed by atoms with E-state index in [9.17, 15) is 0 Å². The monoisotopic (exact) mass is 287 g/mol. The molecule has 0 aliphatic carbocycles. The number of benzene rings is 1. The molecule has 3 nitrogen and oxygen atoms in total. The largest absolute Gasteiger partial charge is 0.381 e. The smallest absolute Gasteiger partial charge is 0.0901 e. The molecule has 1 aliphatic rings. The standard InChI is InChI=1S/C16H21N3S/c1-11-7-15(9-19(11)3)18-14-6-4-5-13(8-14)16-10-20-12(2)17-16/h4-6,8,10-11,15,18H,7,9H2,1-3H3. The SMILES string of the molecule is Cc1nc(-c2cccc(NC3CC(C)N(C)C3)c2)cs1. The molecule has 0 radical (unpaired) electrons. The van der Waals surface area contributed by atoms with Crippen LogP contribution >= 0.6 is 11.3 Å². The minimum Gasteiger partial charge on any atom is -0.381 e. The number of rotatable bonds is 3. The molecular weight excluding hydrogens is 266 g/mol. The zero-order valence-electron chi connectivity index (χ0n) is 12.3. The van der Waals surface area contributed by atoms with Crippen LogP contribution in [0, 0.1) is 6.92 Å². The van der Waals surface area contributed by atoms with Crippen molar-refractivity contribution >= 4 is 17.0 Å². The van der Waals surface area contributed by atoms with Crippen molar-refractivity contribution in [2.75, 3.05) is 18.9 Å². The maximum atomic E-state index is 4.56. The van der Waals surface area contributed by atoms with Crippen LogP contribution < -0.4 is 5.32 Å². The van der Waals surface area contributed by atoms with Crippen LogP contribution in [0.4, 0.5) is 5.69 Å². The van der Waals surface area contributed by atoms with Gasteiger partial charge in [-0.3, -0.25) is 0 Å². The third-order valence-corrected chi connectivity index (χ3v) is 4.81. The minimum absolute atomic E-state index is 0.544. The fraction of sp³-hybridized carbons (Fsp3) is 0.438. The predicted octanol–water partition coefficient (Wildman–Crippen LogP) is 3.62. The molecule has 1 aromatic heterocycles. The lowest BCUT2D eigenvalue weighted by molar-refractivity contribution is 0.330. The quantitative estimate of drug-likeness (QED) is 0.934. The average molecular weight is 287 g/mol. The summed E-state index contributed by atoms with van der Waals surface area (Å²) >= 11 is 1.70. The molecule has 2 heterocycles. The second-order valence-corrected chi connectivity index (χ2v) is 6.76. The van der Waals surface area contributed by atoms with Gasteiger partial charge in [0.2, 0.25) is 0 Å². The van der Waals surface area contributed by atoms with Gasteiger partial charge in [-0.2, -0.15) is 0 Å². The molecule has 0 spiro atoms. The van der Waals surface area contributed by atoms with E-state index in [0.29, 0.717) is 12.1 Å². The van der Waals surface area contributed by atoms with Gasteiger partial charge in [0.25, 0.3) is 0 Å². The molecule has 0 amide bonds. The lowest BCUT2D eigenvalue weighted by atomic mass is 10.1. The molecule has 2 atom stereocenters. The van der Waals surface area contributed by atoms with Crippen molar-refractivity contribution in [3.63, 3.8) is 0 Å². The Morgan fingerprint density at radius 3 is 2.90 bits per heavy atom. The van der Waals surface area contributed by atoms with Gasteiger partial charge in [0, 0.05) is 35.3 Å². The molecule has 1 saturated heterocycles. The summed E-state index contributed by atoms with van der Waals surface area (Å²) in [6, 6.07) is 9.79. The van der Waals surface area contributed by atoms with Gasteiger partial charge < -0.3 is 10.2 Å². The van der Waals surface area contributed by atoms with Gasteiger partial charge in [0.1, 0.15) is 0 Å². The lowest BCUT2D eigenvalue weighted by Crippen LogP contribution is -2.24. The molecule has 1 fully saturated rings. The van der Waals surface area contributed by atoms with Gasteiger partial charge in [0.05, 0.1) is 10.7 Å². The van der Waals surface area contributed by atoms with Crippen LogP contribution in [0.25, 0.3) is 11.3 Å². The summed E-state index contributed by atoms with van der Waals surface area (Å²) in [5.41, 5.74) is 3.47. The molecule has 2 unspecified atom stereocenters. The number of nitrogens with zero attached hydrogens (tertiary/aromatic N) is 2. The Kier molecular flexibility index (Phi) is 3.76. The molecule has 106 valence electrons. The molecule has 0 bridgehead atoms. The highest BCUT2D eigenvalue weighted by Crippen LogP contribution is 2.26. The Morgan fingerprint density at radius 2 is 2.25 bits per heavy atom. The van der Waals surface area contributed by atoms with Crippen LogP contribution in [0.5, 0.6) is 0 Å². The zero-order chi connectivity index (χ0) is 14.1. The van der Waals surface area contributed by atoms with E-state index in [1.165, 1.54) is 17.7 Å². The topological polar surface area (TPSA) is 28.2 Å². The van der Waals surface area contributed by atoms with E-state index in [1.54, 1.807) is 11.3 Å². The molecule has 1 aromatic carbocycles. The highest BCUT2D eigenvalue weighted by atomic mass is 32.1. The average Bonchev–Trinajstić information content (AvgIpc) is 2.97. The first-order chi connectivity index (χ1) is 9.61. The molecule has 3 rings (SSSR count). The summed E-state index contributed by atoms with van der Waals surface area (Å²) in [4.78, 5) is 6.97. The number of likely N-dealkylation sites (N-methyl/N-ethyl adjacent to an activating group) is 1. The number of thiazole rings is 1. The normalized spacial score (nSPS) is 23.1. The highest BCUT2D eigenvalue weighted by molar-refractivity contribution is 7.09. The Bertz CT molecular complexity index is 583. The lowest BCUT2D eigenvalue weighted by Gasteiger charge is -2.15. The molecule has 4 heteroatoms. The van der Waals surface area contributed by atoms with Crippen molar-refractivity contribution in [1.82, 2.24) is 9.88 Å². The van der Waals surface area contributed by atoms with Crippen molar-refractivity contribution in [2.45, 2.75) is 32.4 Å². The van der Waals surface area contributed by atoms with Crippen molar-refractivity contribution in [3.8, 4) is 11.3 Å². The van der Waals surface area contributed by atoms with Gasteiger partial charge in [-0.15, -0.1) is 11.3 Å². The Labute approximate surface area is 124 Å². The van der Waals surface area contributed by atoms with E-state index in [2.05, 4.69) is 58.8 Å². The van der Waals surface area contributed by atoms with Crippen LogP contribution in [0.15, 0.2) is 29.6 Å². The van der Waals surface area contributed by atoms with Gasteiger partial charge in [-0.05, 0) is 39.4 Å². The number of hydrogen-bond acceptors (Lipinski definition) is 4. The summed E-state index contributed by atoms with van der Waals surface area (Å²) in [6.45, 7) is 5.45. The summed E-state index contributed by atoms with van der Waals surface area (Å²) in [6.07, 6.45) is 1.20. The van der Waals surface area contributed by atoms with Crippen LogP contribution in [0.1, 0.15) is 18.4 Å². The van der Waals surface area contributed by atoms with Crippen molar-refractivity contribution in [2.24, 2.45) is 0 Å². The zero-order valence-corrected chi connectivity index (χ0v) is 13.1. The van der Waals surface area contributed by atoms with Gasteiger partial charge >= 0.3 is 0 Å². The molecule has 20 heavy (non-hydrogen) atoms. The van der Waals surface area contributed by atoms with E-state index in [1.807, 2.05) is 6.92 Å².